The molecule has 2 aromatic carbocycles. The Balaban J connectivity index is 1.33. The number of amides is 2. The van der Waals surface area contributed by atoms with Crippen molar-refractivity contribution in [3.05, 3.63) is 59.7 Å². The van der Waals surface area contributed by atoms with Crippen molar-refractivity contribution in [1.29, 1.82) is 0 Å². The highest BCUT2D eigenvalue weighted by Crippen LogP contribution is 2.30. The Hall–Kier alpha value is -3.08. The summed E-state index contributed by atoms with van der Waals surface area (Å²) < 4.78 is 5.48. The summed E-state index contributed by atoms with van der Waals surface area (Å²) in [7, 11) is 0. The van der Waals surface area contributed by atoms with Gasteiger partial charge >= 0.3 is 0 Å². The van der Waals surface area contributed by atoms with Gasteiger partial charge in [-0.2, -0.15) is 0 Å². The summed E-state index contributed by atoms with van der Waals surface area (Å²) in [5, 5.41) is 5.69. The fourth-order valence-electron chi connectivity index (χ4n) is 2.89. The van der Waals surface area contributed by atoms with Crippen molar-refractivity contribution in [2.24, 2.45) is 5.92 Å². The van der Waals surface area contributed by atoms with Gasteiger partial charge in [0.2, 0.25) is 11.8 Å². The molecule has 2 aromatic rings. The van der Waals surface area contributed by atoms with E-state index in [1.165, 1.54) is 11.6 Å². The molecule has 26 heavy (non-hydrogen) atoms. The van der Waals surface area contributed by atoms with Crippen LogP contribution in [0.1, 0.15) is 24.0 Å². The maximum atomic E-state index is 12.1. The topological polar surface area (TPSA) is 67.4 Å². The first kappa shape index (κ1) is 16.4. The molecule has 2 N–H and O–H groups in total. The Labute approximate surface area is 152 Å². The summed E-state index contributed by atoms with van der Waals surface area (Å²) in [6, 6.07) is 13.1. The Bertz CT molecular complexity index is 867. The van der Waals surface area contributed by atoms with E-state index in [2.05, 4.69) is 10.6 Å². The number of benzene rings is 2. The van der Waals surface area contributed by atoms with E-state index in [9.17, 15) is 9.59 Å². The van der Waals surface area contributed by atoms with Crippen LogP contribution in [0.2, 0.25) is 0 Å². The molecule has 1 aliphatic heterocycles. The minimum Gasteiger partial charge on any atom is -0.493 e. The summed E-state index contributed by atoms with van der Waals surface area (Å²) in [6.07, 6.45) is 6.17. The molecule has 0 spiro atoms. The van der Waals surface area contributed by atoms with Gasteiger partial charge in [-0.25, -0.2) is 0 Å². The number of hydrogen-bond donors (Lipinski definition) is 2. The summed E-state index contributed by atoms with van der Waals surface area (Å²) in [5.41, 5.74) is 3.58. The smallest absolute Gasteiger partial charge is 0.248 e. The lowest BCUT2D eigenvalue weighted by atomic mass is 10.1. The lowest BCUT2D eigenvalue weighted by Crippen LogP contribution is -2.13. The van der Waals surface area contributed by atoms with E-state index < -0.39 is 0 Å². The molecule has 0 aromatic heterocycles. The molecule has 1 aliphatic carbocycles. The first-order valence-corrected chi connectivity index (χ1v) is 8.83. The fourth-order valence-corrected chi connectivity index (χ4v) is 2.89. The standard InChI is InChI=1S/C21H20N2O3/c24-20(10-2-14-1-9-19-16(13-14)11-12-26-19)22-17-5-7-18(8-6-17)23-21(25)15-3-4-15/h1-2,5-10,13,15H,3-4,11-12H2,(H,22,24)(H,23,25)/b10-2+. The molecular weight excluding hydrogens is 328 g/mol. The molecule has 5 heteroatoms. The summed E-state index contributed by atoms with van der Waals surface area (Å²) in [5.74, 6) is 0.978. The van der Waals surface area contributed by atoms with Gasteiger partial charge < -0.3 is 15.4 Å². The summed E-state index contributed by atoms with van der Waals surface area (Å²) >= 11 is 0. The second-order valence-corrected chi connectivity index (χ2v) is 6.63. The average molecular weight is 348 g/mol. The molecule has 0 unspecified atom stereocenters. The molecule has 0 bridgehead atoms. The lowest BCUT2D eigenvalue weighted by molar-refractivity contribution is -0.117. The molecule has 0 saturated heterocycles. The van der Waals surface area contributed by atoms with Gasteiger partial charge in [-0.1, -0.05) is 6.07 Å². The Morgan fingerprint density at radius 3 is 2.46 bits per heavy atom. The van der Waals surface area contributed by atoms with E-state index in [1.54, 1.807) is 30.3 Å². The van der Waals surface area contributed by atoms with E-state index in [4.69, 9.17) is 4.74 Å². The second-order valence-electron chi connectivity index (χ2n) is 6.63. The van der Waals surface area contributed by atoms with Crippen LogP contribution in [0.5, 0.6) is 5.75 Å². The van der Waals surface area contributed by atoms with E-state index >= 15 is 0 Å². The maximum Gasteiger partial charge on any atom is 0.248 e. The van der Waals surface area contributed by atoms with Crippen LogP contribution in [0.4, 0.5) is 11.4 Å². The zero-order valence-corrected chi connectivity index (χ0v) is 14.3. The molecule has 1 heterocycles. The molecule has 5 nitrogen and oxygen atoms in total. The molecule has 2 aliphatic rings. The molecule has 132 valence electrons. The van der Waals surface area contributed by atoms with Gasteiger partial charge in [0.15, 0.2) is 0 Å². The van der Waals surface area contributed by atoms with Crippen LogP contribution in [0.3, 0.4) is 0 Å². The average Bonchev–Trinajstić information content (AvgIpc) is 3.40. The van der Waals surface area contributed by atoms with Crippen molar-refractivity contribution in [2.45, 2.75) is 19.3 Å². The third kappa shape index (κ3) is 3.94. The highest BCUT2D eigenvalue weighted by molar-refractivity contribution is 6.02. The SMILES string of the molecule is O=C(/C=C/c1ccc2c(c1)CCO2)Nc1ccc(NC(=O)C2CC2)cc1. The van der Waals surface area contributed by atoms with Crippen molar-refractivity contribution >= 4 is 29.3 Å². The largest absolute Gasteiger partial charge is 0.493 e. The Morgan fingerprint density at radius 1 is 1.00 bits per heavy atom. The van der Waals surface area contributed by atoms with Gasteiger partial charge in [0.1, 0.15) is 5.75 Å². The number of fused-ring (bicyclic) bond motifs is 1. The van der Waals surface area contributed by atoms with E-state index in [1.807, 2.05) is 18.2 Å². The third-order valence-electron chi connectivity index (χ3n) is 4.51. The number of hydrogen-bond acceptors (Lipinski definition) is 3. The van der Waals surface area contributed by atoms with Gasteiger partial charge in [0, 0.05) is 29.8 Å². The lowest BCUT2D eigenvalue weighted by Gasteiger charge is -2.06. The second kappa shape index (κ2) is 7.04. The van der Waals surface area contributed by atoms with Crippen LogP contribution in [0, 0.1) is 5.92 Å². The molecule has 0 radical (unpaired) electrons. The van der Waals surface area contributed by atoms with Gasteiger partial charge in [0.05, 0.1) is 6.61 Å². The molecule has 1 saturated carbocycles. The number of ether oxygens (including phenoxy) is 1. The summed E-state index contributed by atoms with van der Waals surface area (Å²) in [6.45, 7) is 0.722. The van der Waals surface area contributed by atoms with Crippen molar-refractivity contribution < 1.29 is 14.3 Å². The third-order valence-corrected chi connectivity index (χ3v) is 4.51. The minimum absolute atomic E-state index is 0.0736. The maximum absolute atomic E-state index is 12.1. The quantitative estimate of drug-likeness (QED) is 0.811. The van der Waals surface area contributed by atoms with Gasteiger partial charge in [-0.15, -0.1) is 0 Å². The van der Waals surface area contributed by atoms with Crippen LogP contribution < -0.4 is 15.4 Å². The van der Waals surface area contributed by atoms with Crippen LogP contribution in [0.15, 0.2) is 48.5 Å². The monoisotopic (exact) mass is 348 g/mol. The minimum atomic E-state index is -0.198. The van der Waals surface area contributed by atoms with Crippen molar-refractivity contribution in [3.8, 4) is 5.75 Å². The zero-order valence-electron chi connectivity index (χ0n) is 14.3. The number of rotatable bonds is 5. The van der Waals surface area contributed by atoms with Crippen LogP contribution in [-0.4, -0.2) is 18.4 Å². The fraction of sp³-hybridized carbons (Fsp3) is 0.238. The predicted molar refractivity (Wildman–Crippen MR) is 101 cm³/mol. The first-order valence-electron chi connectivity index (χ1n) is 8.83. The van der Waals surface area contributed by atoms with E-state index in [-0.39, 0.29) is 17.7 Å². The highest BCUT2D eigenvalue weighted by atomic mass is 16.5. The first-order chi connectivity index (χ1) is 12.7. The van der Waals surface area contributed by atoms with E-state index in [0.29, 0.717) is 5.69 Å². The normalized spacial score (nSPS) is 15.4. The number of carbonyl (C=O) groups excluding carboxylic acids is 2. The predicted octanol–water partition coefficient (Wildman–Crippen LogP) is 3.62. The summed E-state index contributed by atoms with van der Waals surface area (Å²) in [4.78, 5) is 23.8. The Kier molecular flexibility index (Phi) is 4.44. The highest BCUT2D eigenvalue weighted by Gasteiger charge is 2.29. The van der Waals surface area contributed by atoms with Gasteiger partial charge in [-0.3, -0.25) is 9.59 Å². The van der Waals surface area contributed by atoms with Crippen molar-refractivity contribution in [1.82, 2.24) is 0 Å². The Morgan fingerprint density at radius 2 is 1.73 bits per heavy atom. The molecule has 2 amide bonds. The van der Waals surface area contributed by atoms with Crippen LogP contribution in [-0.2, 0) is 16.0 Å². The zero-order chi connectivity index (χ0) is 17.9. The van der Waals surface area contributed by atoms with Crippen LogP contribution in [0.25, 0.3) is 6.08 Å². The van der Waals surface area contributed by atoms with Gasteiger partial charge in [-0.05, 0) is 66.4 Å². The van der Waals surface area contributed by atoms with Gasteiger partial charge in [0.25, 0.3) is 0 Å². The number of anilines is 2. The number of nitrogens with one attached hydrogen (secondary N) is 2. The molecular formula is C21H20N2O3. The molecule has 0 atom stereocenters. The molecule has 1 fully saturated rings. The molecule has 4 rings (SSSR count). The van der Waals surface area contributed by atoms with Crippen molar-refractivity contribution in [2.75, 3.05) is 17.2 Å². The number of carbonyl (C=O) groups is 2. The van der Waals surface area contributed by atoms with E-state index in [0.717, 1.165) is 42.9 Å². The van der Waals surface area contributed by atoms with Crippen molar-refractivity contribution in [3.63, 3.8) is 0 Å². The van der Waals surface area contributed by atoms with Crippen LogP contribution >= 0.6 is 0 Å².